The van der Waals surface area contributed by atoms with Crippen molar-refractivity contribution in [3.05, 3.63) is 12.7 Å². The molecule has 2 nitrogen and oxygen atoms in total. The second-order valence-corrected chi connectivity index (χ2v) is 4.66. The van der Waals surface area contributed by atoms with E-state index in [2.05, 4.69) is 24.5 Å². The van der Waals surface area contributed by atoms with Crippen LogP contribution in [0.5, 0.6) is 0 Å². The van der Waals surface area contributed by atoms with Crippen molar-refractivity contribution < 1.29 is 0 Å². The number of nitrogens with zero attached hydrogens (tertiary/aromatic N) is 2. The highest BCUT2D eigenvalue weighted by Gasteiger charge is 2.25. The van der Waals surface area contributed by atoms with E-state index in [1.54, 1.807) is 0 Å². The molecule has 2 heteroatoms. The van der Waals surface area contributed by atoms with Crippen LogP contribution in [-0.4, -0.2) is 23.5 Å². The van der Waals surface area contributed by atoms with Crippen LogP contribution in [0.2, 0.25) is 0 Å². The molecule has 1 unspecified atom stereocenters. The predicted molar refractivity (Wildman–Crippen MR) is 68.1 cm³/mol. The van der Waals surface area contributed by atoms with E-state index in [-0.39, 0.29) is 0 Å². The van der Waals surface area contributed by atoms with Gasteiger partial charge in [-0.1, -0.05) is 32.3 Å². The Morgan fingerprint density at radius 1 is 1.44 bits per heavy atom. The molecule has 90 valence electrons. The second kappa shape index (κ2) is 7.46. The molecule has 1 atom stereocenters. The largest absolute Gasteiger partial charge is 0.296 e. The van der Waals surface area contributed by atoms with Crippen molar-refractivity contribution >= 4 is 0 Å². The lowest BCUT2D eigenvalue weighted by atomic mass is 9.92. The normalized spacial score (nSPS) is 19.3. The average Bonchev–Trinajstić information content (AvgIpc) is 2.32. The first-order valence-corrected chi connectivity index (χ1v) is 6.57. The van der Waals surface area contributed by atoms with Gasteiger partial charge in [-0.15, -0.1) is 6.58 Å². The van der Waals surface area contributed by atoms with Crippen molar-refractivity contribution in [2.75, 3.05) is 6.54 Å². The molecule has 1 aliphatic carbocycles. The first kappa shape index (κ1) is 13.3. The predicted octanol–water partition coefficient (Wildman–Crippen LogP) is 3.50. The van der Waals surface area contributed by atoms with E-state index < -0.39 is 0 Å². The van der Waals surface area contributed by atoms with Crippen LogP contribution in [0, 0.1) is 11.3 Å². The van der Waals surface area contributed by atoms with Crippen LogP contribution >= 0.6 is 0 Å². The fourth-order valence-electron chi connectivity index (χ4n) is 2.86. The zero-order valence-corrected chi connectivity index (χ0v) is 10.5. The first-order valence-electron chi connectivity index (χ1n) is 6.57. The Labute approximate surface area is 99.9 Å². The van der Waals surface area contributed by atoms with Crippen molar-refractivity contribution in [2.24, 2.45) is 0 Å². The van der Waals surface area contributed by atoms with Gasteiger partial charge in [-0.05, 0) is 25.8 Å². The standard InChI is InChI=1S/C14H24N2/c1-3-8-13(11-12-15)16(4-2)14-9-6-5-7-10-14/h3,13-14H,1,4-11H2,2H3. The Morgan fingerprint density at radius 2 is 2.12 bits per heavy atom. The Kier molecular flexibility index (Phi) is 6.18. The zero-order chi connectivity index (χ0) is 11.8. The van der Waals surface area contributed by atoms with Gasteiger partial charge in [-0.25, -0.2) is 0 Å². The Hall–Kier alpha value is -0.810. The van der Waals surface area contributed by atoms with Crippen molar-refractivity contribution in [1.29, 1.82) is 5.26 Å². The van der Waals surface area contributed by atoms with Gasteiger partial charge in [0.15, 0.2) is 0 Å². The molecule has 0 bridgehead atoms. The maximum Gasteiger partial charge on any atom is 0.0638 e. The van der Waals surface area contributed by atoms with E-state index in [0.717, 1.165) is 13.0 Å². The minimum atomic E-state index is 0.385. The number of hydrogen-bond donors (Lipinski definition) is 0. The monoisotopic (exact) mass is 220 g/mol. The van der Waals surface area contributed by atoms with Gasteiger partial charge in [0, 0.05) is 12.1 Å². The first-order chi connectivity index (χ1) is 7.83. The summed E-state index contributed by atoms with van der Waals surface area (Å²) in [5.41, 5.74) is 0. The van der Waals surface area contributed by atoms with Crippen molar-refractivity contribution in [1.82, 2.24) is 4.90 Å². The van der Waals surface area contributed by atoms with E-state index in [1.807, 2.05) is 6.08 Å². The molecule has 0 radical (unpaired) electrons. The van der Waals surface area contributed by atoms with Crippen LogP contribution in [0.4, 0.5) is 0 Å². The summed E-state index contributed by atoms with van der Waals surface area (Å²) in [5, 5.41) is 8.90. The molecule has 0 aromatic carbocycles. The fraction of sp³-hybridized carbons (Fsp3) is 0.786. The molecule has 0 amide bonds. The van der Waals surface area contributed by atoms with Crippen LogP contribution in [0.1, 0.15) is 51.9 Å². The summed E-state index contributed by atoms with van der Waals surface area (Å²) >= 11 is 0. The molecule has 0 spiro atoms. The molecule has 0 aliphatic heterocycles. The Morgan fingerprint density at radius 3 is 2.62 bits per heavy atom. The molecule has 1 rings (SSSR count). The summed E-state index contributed by atoms with van der Waals surface area (Å²) in [6, 6.07) is 3.41. The minimum absolute atomic E-state index is 0.385. The van der Waals surface area contributed by atoms with Gasteiger partial charge in [0.05, 0.1) is 12.5 Å². The second-order valence-electron chi connectivity index (χ2n) is 4.66. The third-order valence-corrected chi connectivity index (χ3v) is 3.64. The highest BCUT2D eigenvalue weighted by atomic mass is 15.2. The van der Waals surface area contributed by atoms with Gasteiger partial charge in [-0.2, -0.15) is 5.26 Å². The zero-order valence-electron chi connectivity index (χ0n) is 10.5. The van der Waals surface area contributed by atoms with Gasteiger partial charge in [0.2, 0.25) is 0 Å². The topological polar surface area (TPSA) is 27.0 Å². The van der Waals surface area contributed by atoms with Crippen LogP contribution in [-0.2, 0) is 0 Å². The van der Waals surface area contributed by atoms with Crippen molar-refractivity contribution in [2.45, 2.75) is 64.0 Å². The molecule has 1 saturated carbocycles. The smallest absolute Gasteiger partial charge is 0.0638 e. The average molecular weight is 220 g/mol. The van der Waals surface area contributed by atoms with Gasteiger partial charge in [0.25, 0.3) is 0 Å². The molecule has 0 saturated heterocycles. The maximum atomic E-state index is 8.90. The summed E-state index contributed by atoms with van der Waals surface area (Å²) in [5.74, 6) is 0. The summed E-state index contributed by atoms with van der Waals surface area (Å²) in [6.45, 7) is 7.08. The number of nitriles is 1. The fourth-order valence-corrected chi connectivity index (χ4v) is 2.86. The highest BCUT2D eigenvalue weighted by molar-refractivity contribution is 4.90. The Bertz CT molecular complexity index is 236. The molecule has 0 aromatic heterocycles. The number of hydrogen-bond acceptors (Lipinski definition) is 2. The van der Waals surface area contributed by atoms with E-state index in [1.165, 1.54) is 32.1 Å². The molecule has 16 heavy (non-hydrogen) atoms. The third-order valence-electron chi connectivity index (χ3n) is 3.64. The molecular weight excluding hydrogens is 196 g/mol. The van der Waals surface area contributed by atoms with E-state index >= 15 is 0 Å². The SMILES string of the molecule is C=CCC(CC#N)N(CC)C1CCCCC1. The van der Waals surface area contributed by atoms with Crippen molar-refractivity contribution in [3.8, 4) is 6.07 Å². The van der Waals surface area contributed by atoms with Crippen LogP contribution < -0.4 is 0 Å². The maximum absolute atomic E-state index is 8.90. The molecule has 0 aromatic rings. The lowest BCUT2D eigenvalue weighted by molar-refractivity contribution is 0.113. The number of rotatable bonds is 6. The lowest BCUT2D eigenvalue weighted by Crippen LogP contribution is -2.43. The van der Waals surface area contributed by atoms with Gasteiger partial charge in [-0.3, -0.25) is 4.90 Å². The van der Waals surface area contributed by atoms with E-state index in [9.17, 15) is 0 Å². The van der Waals surface area contributed by atoms with Gasteiger partial charge >= 0.3 is 0 Å². The van der Waals surface area contributed by atoms with Crippen molar-refractivity contribution in [3.63, 3.8) is 0 Å². The summed E-state index contributed by atoms with van der Waals surface area (Å²) < 4.78 is 0. The van der Waals surface area contributed by atoms with E-state index in [0.29, 0.717) is 18.5 Å². The lowest BCUT2D eigenvalue weighted by Gasteiger charge is -2.38. The molecular formula is C14H24N2. The molecule has 0 heterocycles. The van der Waals surface area contributed by atoms with Gasteiger partial charge < -0.3 is 0 Å². The van der Waals surface area contributed by atoms with Gasteiger partial charge in [0.1, 0.15) is 0 Å². The quantitative estimate of drug-likeness (QED) is 0.641. The third kappa shape index (κ3) is 3.64. The summed E-state index contributed by atoms with van der Waals surface area (Å²) in [6.07, 6.45) is 10.3. The highest BCUT2D eigenvalue weighted by Crippen LogP contribution is 2.25. The van der Waals surface area contributed by atoms with Crippen LogP contribution in [0.3, 0.4) is 0 Å². The summed E-state index contributed by atoms with van der Waals surface area (Å²) in [7, 11) is 0. The molecule has 1 fully saturated rings. The Balaban J connectivity index is 2.60. The minimum Gasteiger partial charge on any atom is -0.296 e. The van der Waals surface area contributed by atoms with Crippen LogP contribution in [0.25, 0.3) is 0 Å². The molecule has 0 N–H and O–H groups in total. The molecule has 1 aliphatic rings. The van der Waals surface area contributed by atoms with E-state index in [4.69, 9.17) is 5.26 Å². The van der Waals surface area contributed by atoms with Crippen LogP contribution in [0.15, 0.2) is 12.7 Å². The summed E-state index contributed by atoms with van der Waals surface area (Å²) in [4.78, 5) is 2.53.